The van der Waals surface area contributed by atoms with E-state index in [4.69, 9.17) is 0 Å². The highest BCUT2D eigenvalue weighted by atomic mass is 16.2. The van der Waals surface area contributed by atoms with Crippen molar-refractivity contribution in [3.8, 4) is 0 Å². The quantitative estimate of drug-likeness (QED) is 0.692. The minimum atomic E-state index is 0.143. The van der Waals surface area contributed by atoms with Crippen molar-refractivity contribution >= 4 is 5.91 Å². The highest BCUT2D eigenvalue weighted by Crippen LogP contribution is 2.17. The molecule has 0 radical (unpaired) electrons. The van der Waals surface area contributed by atoms with E-state index in [1.165, 1.54) is 12.8 Å². The molecule has 0 spiro atoms. The molecule has 1 fully saturated rings. The van der Waals surface area contributed by atoms with Gasteiger partial charge in [0.05, 0.1) is 6.04 Å². The van der Waals surface area contributed by atoms with Crippen molar-refractivity contribution in [1.82, 2.24) is 9.80 Å². The monoisotopic (exact) mass is 226 g/mol. The summed E-state index contributed by atoms with van der Waals surface area (Å²) in [6.45, 7) is 7.38. The van der Waals surface area contributed by atoms with Crippen LogP contribution in [0.2, 0.25) is 0 Å². The Morgan fingerprint density at radius 1 is 1.25 bits per heavy atom. The van der Waals surface area contributed by atoms with Crippen molar-refractivity contribution in [3.63, 3.8) is 0 Å². The van der Waals surface area contributed by atoms with E-state index >= 15 is 0 Å². The summed E-state index contributed by atoms with van der Waals surface area (Å²) in [4.78, 5) is 16.6. The van der Waals surface area contributed by atoms with Crippen molar-refractivity contribution < 1.29 is 4.79 Å². The smallest absolute Gasteiger partial charge is 0.239 e. The highest BCUT2D eigenvalue weighted by Gasteiger charge is 2.28. The molecule has 0 aromatic rings. The molecule has 1 amide bonds. The second-order valence-electron chi connectivity index (χ2n) is 4.81. The summed E-state index contributed by atoms with van der Waals surface area (Å²) in [5, 5.41) is 0. The van der Waals surface area contributed by atoms with Crippen LogP contribution in [-0.2, 0) is 4.79 Å². The second kappa shape index (κ2) is 6.89. The third kappa shape index (κ3) is 3.48. The van der Waals surface area contributed by atoms with Gasteiger partial charge < -0.3 is 4.90 Å². The number of carbonyl (C=O) groups is 1. The van der Waals surface area contributed by atoms with E-state index in [1.54, 1.807) is 0 Å². The third-order valence-corrected chi connectivity index (χ3v) is 3.36. The van der Waals surface area contributed by atoms with E-state index in [-0.39, 0.29) is 6.04 Å². The third-order valence-electron chi connectivity index (χ3n) is 3.36. The molecule has 0 saturated carbocycles. The average Bonchev–Trinajstić information content (AvgIpc) is 2.78. The Morgan fingerprint density at radius 3 is 2.38 bits per heavy atom. The SMILES string of the molecule is CCC[C@H](C(=O)N(C)CCC)N1CCCC1. The molecule has 1 heterocycles. The van der Waals surface area contributed by atoms with Crippen LogP contribution in [-0.4, -0.2) is 48.4 Å². The Kier molecular flexibility index (Phi) is 5.81. The Hall–Kier alpha value is -0.570. The van der Waals surface area contributed by atoms with Crippen LogP contribution in [0.4, 0.5) is 0 Å². The van der Waals surface area contributed by atoms with Crippen molar-refractivity contribution in [2.24, 2.45) is 0 Å². The number of nitrogens with zero attached hydrogens (tertiary/aromatic N) is 2. The molecular formula is C13H26N2O. The van der Waals surface area contributed by atoms with Crippen molar-refractivity contribution in [2.45, 2.75) is 52.0 Å². The molecular weight excluding hydrogens is 200 g/mol. The van der Waals surface area contributed by atoms with Crippen molar-refractivity contribution in [2.75, 3.05) is 26.7 Å². The van der Waals surface area contributed by atoms with E-state index in [1.807, 2.05) is 11.9 Å². The number of likely N-dealkylation sites (N-methyl/N-ethyl adjacent to an activating group) is 1. The molecule has 0 bridgehead atoms. The molecule has 0 aliphatic carbocycles. The zero-order chi connectivity index (χ0) is 12.0. The fourth-order valence-electron chi connectivity index (χ4n) is 2.49. The lowest BCUT2D eigenvalue weighted by atomic mass is 10.1. The molecule has 1 rings (SSSR count). The number of carbonyl (C=O) groups excluding carboxylic acids is 1. The van der Waals surface area contributed by atoms with Crippen LogP contribution in [0.5, 0.6) is 0 Å². The molecule has 3 heteroatoms. The van der Waals surface area contributed by atoms with Gasteiger partial charge >= 0.3 is 0 Å². The maximum atomic E-state index is 12.3. The summed E-state index contributed by atoms with van der Waals surface area (Å²) in [6.07, 6.45) is 5.65. The van der Waals surface area contributed by atoms with Crippen LogP contribution in [0.3, 0.4) is 0 Å². The van der Waals surface area contributed by atoms with Gasteiger partial charge in [0.2, 0.25) is 5.91 Å². The summed E-state index contributed by atoms with van der Waals surface area (Å²) in [5.41, 5.74) is 0. The van der Waals surface area contributed by atoms with Crippen LogP contribution in [0.1, 0.15) is 46.0 Å². The van der Waals surface area contributed by atoms with Gasteiger partial charge in [-0.25, -0.2) is 0 Å². The molecule has 1 aliphatic rings. The van der Waals surface area contributed by atoms with E-state index in [9.17, 15) is 4.79 Å². The van der Waals surface area contributed by atoms with E-state index in [0.717, 1.165) is 38.9 Å². The lowest BCUT2D eigenvalue weighted by Crippen LogP contribution is -2.46. The van der Waals surface area contributed by atoms with Gasteiger partial charge in [0, 0.05) is 13.6 Å². The van der Waals surface area contributed by atoms with Gasteiger partial charge in [-0.3, -0.25) is 9.69 Å². The molecule has 0 unspecified atom stereocenters. The van der Waals surface area contributed by atoms with E-state index in [0.29, 0.717) is 5.91 Å². The van der Waals surface area contributed by atoms with Gasteiger partial charge in [0.25, 0.3) is 0 Å². The van der Waals surface area contributed by atoms with Crippen LogP contribution >= 0.6 is 0 Å². The molecule has 0 N–H and O–H groups in total. The summed E-state index contributed by atoms with van der Waals surface area (Å²) in [7, 11) is 1.94. The summed E-state index contributed by atoms with van der Waals surface area (Å²) < 4.78 is 0. The van der Waals surface area contributed by atoms with Gasteiger partial charge in [-0.2, -0.15) is 0 Å². The fraction of sp³-hybridized carbons (Fsp3) is 0.923. The first-order valence-corrected chi connectivity index (χ1v) is 6.69. The Balaban J connectivity index is 2.56. The molecule has 16 heavy (non-hydrogen) atoms. The summed E-state index contributed by atoms with van der Waals surface area (Å²) in [6, 6.07) is 0.143. The molecule has 3 nitrogen and oxygen atoms in total. The molecule has 1 atom stereocenters. The maximum absolute atomic E-state index is 12.3. The normalized spacial score (nSPS) is 18.7. The Bertz CT molecular complexity index is 212. The molecule has 0 aromatic heterocycles. The van der Waals surface area contributed by atoms with Crippen molar-refractivity contribution in [3.05, 3.63) is 0 Å². The van der Waals surface area contributed by atoms with Gasteiger partial charge in [0.1, 0.15) is 0 Å². The minimum Gasteiger partial charge on any atom is -0.344 e. The number of amides is 1. The first kappa shape index (κ1) is 13.5. The molecule has 1 aliphatic heterocycles. The van der Waals surface area contributed by atoms with Crippen LogP contribution in [0.25, 0.3) is 0 Å². The number of hydrogen-bond donors (Lipinski definition) is 0. The zero-order valence-corrected chi connectivity index (χ0v) is 11.0. The molecule has 1 saturated heterocycles. The second-order valence-corrected chi connectivity index (χ2v) is 4.81. The first-order chi connectivity index (χ1) is 7.70. The maximum Gasteiger partial charge on any atom is 0.239 e. The average molecular weight is 226 g/mol. The topological polar surface area (TPSA) is 23.6 Å². The number of hydrogen-bond acceptors (Lipinski definition) is 2. The highest BCUT2D eigenvalue weighted by molar-refractivity contribution is 5.81. The van der Waals surface area contributed by atoms with E-state index in [2.05, 4.69) is 18.7 Å². The Labute approximate surface area is 99.8 Å². The van der Waals surface area contributed by atoms with Crippen LogP contribution in [0, 0.1) is 0 Å². The summed E-state index contributed by atoms with van der Waals surface area (Å²) >= 11 is 0. The van der Waals surface area contributed by atoms with Gasteiger partial charge in [-0.15, -0.1) is 0 Å². The summed E-state index contributed by atoms with van der Waals surface area (Å²) in [5.74, 6) is 0.325. The predicted molar refractivity (Wildman–Crippen MR) is 67.4 cm³/mol. The number of likely N-dealkylation sites (tertiary alicyclic amines) is 1. The lowest BCUT2D eigenvalue weighted by Gasteiger charge is -2.30. The predicted octanol–water partition coefficient (Wildman–Crippen LogP) is 2.12. The van der Waals surface area contributed by atoms with Crippen LogP contribution < -0.4 is 0 Å². The standard InChI is InChI=1S/C13H26N2O/c1-4-8-12(15-10-6-7-11-15)13(16)14(3)9-5-2/h12H,4-11H2,1-3H3/t12-/m1/s1. The fourth-order valence-corrected chi connectivity index (χ4v) is 2.49. The van der Waals surface area contributed by atoms with Gasteiger partial charge in [-0.05, 0) is 38.8 Å². The van der Waals surface area contributed by atoms with Crippen molar-refractivity contribution in [1.29, 1.82) is 0 Å². The molecule has 0 aromatic carbocycles. The zero-order valence-electron chi connectivity index (χ0n) is 11.0. The number of rotatable bonds is 6. The van der Waals surface area contributed by atoms with Gasteiger partial charge in [-0.1, -0.05) is 20.3 Å². The Morgan fingerprint density at radius 2 is 1.88 bits per heavy atom. The van der Waals surface area contributed by atoms with E-state index < -0.39 is 0 Å². The van der Waals surface area contributed by atoms with Crippen LogP contribution in [0.15, 0.2) is 0 Å². The lowest BCUT2D eigenvalue weighted by molar-refractivity contribution is -0.135. The minimum absolute atomic E-state index is 0.143. The van der Waals surface area contributed by atoms with Gasteiger partial charge in [0.15, 0.2) is 0 Å². The first-order valence-electron chi connectivity index (χ1n) is 6.69. The molecule has 94 valence electrons. The largest absolute Gasteiger partial charge is 0.344 e.